The Labute approximate surface area is 195 Å². The third-order valence-corrected chi connectivity index (χ3v) is 5.84. The van der Waals surface area contributed by atoms with Crippen LogP contribution in [0.25, 0.3) is 0 Å². The lowest BCUT2D eigenvalue weighted by Crippen LogP contribution is -2.32. The molecule has 32 heavy (non-hydrogen) atoms. The van der Waals surface area contributed by atoms with E-state index in [-0.39, 0.29) is 6.61 Å². The molecule has 0 radical (unpaired) electrons. The van der Waals surface area contributed by atoms with Gasteiger partial charge in [-0.05, 0) is 6.42 Å². The average molecular weight is 482 g/mol. The van der Waals surface area contributed by atoms with E-state index in [1.54, 1.807) is 0 Å². The first-order valence-electron chi connectivity index (χ1n) is 12.5. The molecule has 0 rings (SSSR count). The second-order valence-electron chi connectivity index (χ2n) is 8.44. The van der Waals surface area contributed by atoms with Gasteiger partial charge in [-0.2, -0.15) is 0 Å². The van der Waals surface area contributed by atoms with Gasteiger partial charge in [0.05, 0.1) is 13.2 Å². The number of unbranched alkanes of at least 4 members (excludes halogenated alkanes) is 15. The highest BCUT2D eigenvalue weighted by Crippen LogP contribution is 2.35. The molecule has 1 amide bonds. The Hall–Kier alpha value is -0.660. The lowest BCUT2D eigenvalue weighted by molar-refractivity contribution is -0.00718. The average Bonchev–Trinajstić information content (AvgIpc) is 2.75. The van der Waals surface area contributed by atoms with Gasteiger partial charge in [-0.3, -0.25) is 4.52 Å². The first-order valence-corrected chi connectivity index (χ1v) is 14.1. The number of phosphoric ester groups is 1. The van der Waals surface area contributed by atoms with Crippen molar-refractivity contribution in [1.82, 2.24) is 5.32 Å². The Kier molecular flexibility index (Phi) is 21.7. The van der Waals surface area contributed by atoms with E-state index in [2.05, 4.69) is 16.8 Å². The summed E-state index contributed by atoms with van der Waals surface area (Å²) in [6, 6.07) is 0. The summed E-state index contributed by atoms with van der Waals surface area (Å²) in [5, 5.41) is 2.29. The molecule has 3 N–H and O–H groups in total. The van der Waals surface area contributed by atoms with E-state index in [9.17, 15) is 9.36 Å². The van der Waals surface area contributed by atoms with Gasteiger partial charge in [-0.25, -0.2) is 9.36 Å². The minimum absolute atomic E-state index is 0.0339. The molecule has 1 atom stereocenters. The maximum absolute atomic E-state index is 11.3. The molecule has 0 aliphatic carbocycles. The van der Waals surface area contributed by atoms with Crippen LogP contribution in [0.2, 0.25) is 0 Å². The SMILES string of the molecule is CCCCCCCCCCCCCCCCCCOC[C@H](COP(=O)(O)O)OC(=O)NC. The van der Waals surface area contributed by atoms with E-state index in [0.29, 0.717) is 6.61 Å². The largest absolute Gasteiger partial charge is 0.469 e. The summed E-state index contributed by atoms with van der Waals surface area (Å²) in [6.45, 7) is 2.39. The smallest absolute Gasteiger partial charge is 0.441 e. The minimum Gasteiger partial charge on any atom is -0.441 e. The molecular weight excluding hydrogens is 433 g/mol. The molecule has 0 aromatic carbocycles. The lowest BCUT2D eigenvalue weighted by Gasteiger charge is -2.18. The van der Waals surface area contributed by atoms with Crippen molar-refractivity contribution in [2.45, 2.75) is 116 Å². The predicted molar refractivity (Wildman–Crippen MR) is 128 cm³/mol. The van der Waals surface area contributed by atoms with Crippen LogP contribution < -0.4 is 5.32 Å². The molecule has 0 bridgehead atoms. The van der Waals surface area contributed by atoms with E-state index < -0.39 is 26.6 Å². The number of rotatable bonds is 23. The molecule has 0 saturated carbocycles. The highest BCUT2D eigenvalue weighted by molar-refractivity contribution is 7.46. The summed E-state index contributed by atoms with van der Waals surface area (Å²) in [4.78, 5) is 28.9. The number of alkyl carbamates (subject to hydrolysis) is 1. The Bertz CT molecular complexity index is 473. The van der Waals surface area contributed by atoms with E-state index >= 15 is 0 Å². The molecule has 0 fully saturated rings. The van der Waals surface area contributed by atoms with Crippen molar-refractivity contribution in [1.29, 1.82) is 0 Å². The number of phosphoric acid groups is 1. The molecule has 192 valence electrons. The molecule has 0 aliphatic rings. The van der Waals surface area contributed by atoms with Gasteiger partial charge in [0.2, 0.25) is 0 Å². The van der Waals surface area contributed by atoms with Crippen molar-refractivity contribution in [2.24, 2.45) is 0 Å². The third kappa shape index (κ3) is 24.0. The summed E-state index contributed by atoms with van der Waals surface area (Å²) in [5.74, 6) is 0. The Morgan fingerprint density at radius 3 is 1.62 bits per heavy atom. The first kappa shape index (κ1) is 31.3. The Morgan fingerprint density at radius 2 is 1.22 bits per heavy atom. The number of amides is 1. The second kappa shape index (κ2) is 22.1. The van der Waals surface area contributed by atoms with Crippen molar-refractivity contribution in [3.05, 3.63) is 0 Å². The Balaban J connectivity index is 3.48. The van der Waals surface area contributed by atoms with Crippen LogP contribution in [0.3, 0.4) is 0 Å². The topological polar surface area (TPSA) is 114 Å². The third-order valence-electron chi connectivity index (χ3n) is 5.35. The van der Waals surface area contributed by atoms with Crippen LogP contribution in [0.15, 0.2) is 0 Å². The fraction of sp³-hybridized carbons (Fsp3) is 0.957. The first-order chi connectivity index (χ1) is 15.4. The van der Waals surface area contributed by atoms with Gasteiger partial charge in [0.15, 0.2) is 6.10 Å². The molecule has 0 aromatic rings. The van der Waals surface area contributed by atoms with Gasteiger partial charge in [0, 0.05) is 13.7 Å². The minimum atomic E-state index is -4.62. The van der Waals surface area contributed by atoms with Gasteiger partial charge in [0.1, 0.15) is 0 Å². The van der Waals surface area contributed by atoms with Crippen molar-refractivity contribution >= 4 is 13.9 Å². The summed E-state index contributed by atoms with van der Waals surface area (Å²) < 4.78 is 25.7. The van der Waals surface area contributed by atoms with Crippen molar-refractivity contribution in [3.8, 4) is 0 Å². The van der Waals surface area contributed by atoms with Crippen LogP contribution >= 0.6 is 7.82 Å². The molecule has 0 aromatic heterocycles. The maximum Gasteiger partial charge on any atom is 0.469 e. The fourth-order valence-corrected chi connectivity index (χ4v) is 3.83. The van der Waals surface area contributed by atoms with E-state index in [0.717, 1.165) is 12.8 Å². The number of ether oxygens (including phenoxy) is 2. The van der Waals surface area contributed by atoms with E-state index in [1.807, 2.05) is 0 Å². The lowest BCUT2D eigenvalue weighted by atomic mass is 10.0. The van der Waals surface area contributed by atoms with Crippen LogP contribution in [-0.4, -0.2) is 48.9 Å². The summed E-state index contributed by atoms with van der Waals surface area (Å²) in [6.07, 6.45) is 19.3. The molecule has 9 heteroatoms. The zero-order valence-electron chi connectivity index (χ0n) is 20.4. The highest BCUT2D eigenvalue weighted by atomic mass is 31.2. The zero-order valence-corrected chi connectivity index (χ0v) is 21.3. The maximum atomic E-state index is 11.3. The van der Waals surface area contributed by atoms with Crippen molar-refractivity contribution in [3.63, 3.8) is 0 Å². The van der Waals surface area contributed by atoms with Crippen LogP contribution in [0.5, 0.6) is 0 Å². The molecule has 0 aliphatic heterocycles. The van der Waals surface area contributed by atoms with Crippen LogP contribution in [0.4, 0.5) is 4.79 Å². The summed E-state index contributed by atoms with van der Waals surface area (Å²) in [7, 11) is -3.21. The molecule has 0 saturated heterocycles. The van der Waals surface area contributed by atoms with Crippen LogP contribution in [0, 0.1) is 0 Å². The Morgan fingerprint density at radius 1 is 0.781 bits per heavy atom. The van der Waals surface area contributed by atoms with E-state index in [1.165, 1.54) is 96.9 Å². The standard InChI is InChI=1S/C23H48NO7P/c1-3-4-5-6-7-8-9-10-11-12-13-14-15-16-17-18-19-29-20-22(31-23(25)24-2)21-30-32(26,27)28/h22H,3-21H2,1-2H3,(H,24,25)(H2,26,27,28)/t22-/m1/s1. The second-order valence-corrected chi connectivity index (χ2v) is 9.68. The number of nitrogens with one attached hydrogen (secondary N) is 1. The highest BCUT2D eigenvalue weighted by Gasteiger charge is 2.21. The normalized spacial score (nSPS) is 12.6. The van der Waals surface area contributed by atoms with Gasteiger partial charge in [-0.1, -0.05) is 103 Å². The number of carbonyl (C=O) groups excluding carboxylic acids is 1. The van der Waals surface area contributed by atoms with Gasteiger partial charge < -0.3 is 24.6 Å². The van der Waals surface area contributed by atoms with Gasteiger partial charge in [0.25, 0.3) is 0 Å². The van der Waals surface area contributed by atoms with Gasteiger partial charge >= 0.3 is 13.9 Å². The fourth-order valence-electron chi connectivity index (χ4n) is 3.47. The van der Waals surface area contributed by atoms with Crippen molar-refractivity contribution < 1.29 is 33.1 Å². The molecule has 0 unspecified atom stereocenters. The summed E-state index contributed by atoms with van der Waals surface area (Å²) in [5.41, 5.74) is 0. The van der Waals surface area contributed by atoms with Crippen LogP contribution in [0.1, 0.15) is 110 Å². The molecular formula is C23H48NO7P. The predicted octanol–water partition coefficient (Wildman–Crippen LogP) is 6.10. The molecule has 0 spiro atoms. The number of hydrogen-bond donors (Lipinski definition) is 3. The number of carbonyl (C=O) groups is 1. The summed E-state index contributed by atoms with van der Waals surface area (Å²) >= 11 is 0. The quantitative estimate of drug-likeness (QED) is 0.119. The number of hydrogen-bond acceptors (Lipinski definition) is 5. The van der Waals surface area contributed by atoms with E-state index in [4.69, 9.17) is 19.3 Å². The van der Waals surface area contributed by atoms with Gasteiger partial charge in [-0.15, -0.1) is 0 Å². The molecule has 8 nitrogen and oxygen atoms in total. The molecule has 0 heterocycles. The monoisotopic (exact) mass is 481 g/mol. The van der Waals surface area contributed by atoms with Crippen molar-refractivity contribution in [2.75, 3.05) is 26.9 Å². The van der Waals surface area contributed by atoms with Crippen LogP contribution in [-0.2, 0) is 18.6 Å². The zero-order chi connectivity index (χ0) is 23.9.